The van der Waals surface area contributed by atoms with Crippen LogP contribution >= 0.6 is 0 Å². The van der Waals surface area contributed by atoms with Gasteiger partial charge in [-0.15, -0.1) is 0 Å². The molecule has 0 aliphatic carbocycles. The van der Waals surface area contributed by atoms with E-state index in [1.165, 1.54) is 10.7 Å². The highest BCUT2D eigenvalue weighted by Gasteiger charge is 2.37. The Balaban J connectivity index is 1.97. The highest BCUT2D eigenvalue weighted by atomic mass is 16.2. The summed E-state index contributed by atoms with van der Waals surface area (Å²) in [6.45, 7) is 12.5. The first-order chi connectivity index (χ1) is 13.3. The van der Waals surface area contributed by atoms with E-state index in [-0.39, 0.29) is 11.3 Å². The SMILES string of the molecule is CCN(CC)c1ccc(C=C2C(=O)N(c3ccccc3)N=C2C(C)(C)C)cc1. The molecule has 0 spiro atoms. The molecule has 0 saturated carbocycles. The topological polar surface area (TPSA) is 35.9 Å². The molecule has 1 aliphatic rings. The van der Waals surface area contributed by atoms with Crippen LogP contribution in [-0.4, -0.2) is 24.7 Å². The average Bonchev–Trinajstić information content (AvgIpc) is 3.01. The lowest BCUT2D eigenvalue weighted by molar-refractivity contribution is -0.114. The molecule has 0 N–H and O–H groups in total. The zero-order chi connectivity index (χ0) is 20.3. The van der Waals surface area contributed by atoms with E-state index in [2.05, 4.69) is 68.9 Å². The summed E-state index contributed by atoms with van der Waals surface area (Å²) in [5, 5.41) is 6.20. The molecule has 4 nitrogen and oxygen atoms in total. The molecule has 3 rings (SSSR count). The van der Waals surface area contributed by atoms with Crippen molar-refractivity contribution in [1.82, 2.24) is 0 Å². The van der Waals surface area contributed by atoms with Crippen molar-refractivity contribution >= 4 is 29.1 Å². The summed E-state index contributed by atoms with van der Waals surface area (Å²) in [6.07, 6.45) is 1.96. The van der Waals surface area contributed by atoms with Gasteiger partial charge in [-0.05, 0) is 49.8 Å². The zero-order valence-corrected chi connectivity index (χ0v) is 17.4. The van der Waals surface area contributed by atoms with E-state index in [1.807, 2.05) is 36.4 Å². The molecule has 0 aromatic heterocycles. The van der Waals surface area contributed by atoms with Crippen LogP contribution in [0.2, 0.25) is 0 Å². The highest BCUT2D eigenvalue weighted by Crippen LogP contribution is 2.32. The zero-order valence-electron chi connectivity index (χ0n) is 17.4. The predicted molar refractivity (Wildman–Crippen MR) is 119 cm³/mol. The average molecular weight is 376 g/mol. The van der Waals surface area contributed by atoms with E-state index in [4.69, 9.17) is 0 Å². The number of para-hydroxylation sites is 1. The summed E-state index contributed by atoms with van der Waals surface area (Å²) in [4.78, 5) is 15.5. The predicted octanol–water partition coefficient (Wildman–Crippen LogP) is 5.37. The number of hydrogen-bond acceptors (Lipinski definition) is 3. The van der Waals surface area contributed by atoms with Crippen molar-refractivity contribution in [2.24, 2.45) is 10.5 Å². The summed E-state index contributed by atoms with van der Waals surface area (Å²) in [5.74, 6) is -0.0797. The maximum absolute atomic E-state index is 13.2. The fraction of sp³-hybridized carbons (Fsp3) is 0.333. The van der Waals surface area contributed by atoms with E-state index < -0.39 is 0 Å². The molecule has 0 bridgehead atoms. The first-order valence-corrected chi connectivity index (χ1v) is 9.90. The second-order valence-corrected chi connectivity index (χ2v) is 7.97. The van der Waals surface area contributed by atoms with Gasteiger partial charge >= 0.3 is 0 Å². The Morgan fingerprint density at radius 3 is 2.11 bits per heavy atom. The van der Waals surface area contributed by atoms with Crippen molar-refractivity contribution in [3.05, 3.63) is 65.7 Å². The third-order valence-electron chi connectivity index (χ3n) is 4.92. The van der Waals surface area contributed by atoms with Crippen LogP contribution in [0.15, 0.2) is 65.3 Å². The molecule has 2 aromatic rings. The van der Waals surface area contributed by atoms with Crippen LogP contribution in [0.5, 0.6) is 0 Å². The summed E-state index contributed by atoms with van der Waals surface area (Å²) in [7, 11) is 0. The van der Waals surface area contributed by atoms with Crippen LogP contribution in [-0.2, 0) is 4.79 Å². The standard InChI is InChI=1S/C24H29N3O/c1-6-26(7-2)19-15-13-18(14-16-19)17-21-22(24(3,4)5)25-27(23(21)28)20-11-9-8-10-12-20/h8-17H,6-7H2,1-5H3. The number of amides is 1. The van der Waals surface area contributed by atoms with E-state index in [0.717, 1.165) is 30.1 Å². The minimum absolute atomic E-state index is 0.0797. The monoisotopic (exact) mass is 375 g/mol. The van der Waals surface area contributed by atoms with E-state index >= 15 is 0 Å². The Hall–Kier alpha value is -2.88. The van der Waals surface area contributed by atoms with Crippen molar-refractivity contribution in [2.75, 3.05) is 23.0 Å². The molecule has 28 heavy (non-hydrogen) atoms. The molecule has 146 valence electrons. The molecule has 0 radical (unpaired) electrons. The number of benzene rings is 2. The van der Waals surface area contributed by atoms with Gasteiger partial charge in [0.15, 0.2) is 0 Å². The Kier molecular flexibility index (Phi) is 5.68. The Morgan fingerprint density at radius 1 is 0.964 bits per heavy atom. The lowest BCUT2D eigenvalue weighted by atomic mass is 9.85. The summed E-state index contributed by atoms with van der Waals surface area (Å²) < 4.78 is 0. The van der Waals surface area contributed by atoms with Gasteiger partial charge in [-0.2, -0.15) is 10.1 Å². The number of hydrazone groups is 1. The number of rotatable bonds is 5. The number of carbonyl (C=O) groups excluding carboxylic acids is 1. The molecular weight excluding hydrogens is 346 g/mol. The van der Waals surface area contributed by atoms with Gasteiger partial charge < -0.3 is 4.90 Å². The van der Waals surface area contributed by atoms with Crippen LogP contribution < -0.4 is 9.91 Å². The van der Waals surface area contributed by atoms with Crippen LogP contribution in [0.1, 0.15) is 40.2 Å². The number of hydrogen-bond donors (Lipinski definition) is 0. The van der Waals surface area contributed by atoms with Crippen molar-refractivity contribution in [3.63, 3.8) is 0 Å². The van der Waals surface area contributed by atoms with Crippen molar-refractivity contribution in [1.29, 1.82) is 0 Å². The third kappa shape index (κ3) is 4.01. The summed E-state index contributed by atoms with van der Waals surface area (Å²) in [5.41, 5.74) is 4.23. The quantitative estimate of drug-likeness (QED) is 0.659. The fourth-order valence-electron chi connectivity index (χ4n) is 3.38. The lowest BCUT2D eigenvalue weighted by Gasteiger charge is -2.21. The van der Waals surface area contributed by atoms with Gasteiger partial charge in [0.1, 0.15) is 0 Å². The Labute approximate surface area is 168 Å². The largest absolute Gasteiger partial charge is 0.372 e. The van der Waals surface area contributed by atoms with Crippen molar-refractivity contribution in [2.45, 2.75) is 34.6 Å². The smallest absolute Gasteiger partial charge is 0.280 e. The van der Waals surface area contributed by atoms with E-state index in [1.54, 1.807) is 0 Å². The van der Waals surface area contributed by atoms with E-state index in [9.17, 15) is 4.79 Å². The van der Waals surface area contributed by atoms with Crippen molar-refractivity contribution < 1.29 is 4.79 Å². The molecule has 1 amide bonds. The Morgan fingerprint density at radius 2 is 1.57 bits per heavy atom. The molecule has 0 saturated heterocycles. The van der Waals surface area contributed by atoms with Gasteiger partial charge in [-0.25, -0.2) is 0 Å². The molecule has 4 heteroatoms. The maximum atomic E-state index is 13.2. The summed E-state index contributed by atoms with van der Waals surface area (Å²) >= 11 is 0. The van der Waals surface area contributed by atoms with Gasteiger partial charge in [0.2, 0.25) is 0 Å². The van der Waals surface area contributed by atoms with Crippen LogP contribution in [0.3, 0.4) is 0 Å². The molecule has 0 atom stereocenters. The van der Waals surface area contributed by atoms with Gasteiger partial charge in [0.05, 0.1) is 17.0 Å². The maximum Gasteiger partial charge on any atom is 0.280 e. The summed E-state index contributed by atoms with van der Waals surface area (Å²) in [6, 6.07) is 18.0. The van der Waals surface area contributed by atoms with Gasteiger partial charge in [-0.1, -0.05) is 51.1 Å². The second kappa shape index (κ2) is 8.01. The van der Waals surface area contributed by atoms with Crippen molar-refractivity contribution in [3.8, 4) is 0 Å². The normalized spacial score (nSPS) is 15.9. The number of carbonyl (C=O) groups is 1. The van der Waals surface area contributed by atoms with Crippen LogP contribution in [0.25, 0.3) is 6.08 Å². The van der Waals surface area contributed by atoms with Gasteiger partial charge in [0.25, 0.3) is 5.91 Å². The molecule has 1 heterocycles. The van der Waals surface area contributed by atoms with Gasteiger partial charge in [-0.3, -0.25) is 4.79 Å². The highest BCUT2D eigenvalue weighted by molar-refractivity contribution is 6.34. The number of nitrogens with zero attached hydrogens (tertiary/aromatic N) is 3. The van der Waals surface area contributed by atoms with E-state index in [0.29, 0.717) is 5.57 Å². The Bertz CT molecular complexity index is 886. The van der Waals surface area contributed by atoms with Crippen LogP contribution in [0.4, 0.5) is 11.4 Å². The van der Waals surface area contributed by atoms with Gasteiger partial charge in [0, 0.05) is 24.2 Å². The third-order valence-corrected chi connectivity index (χ3v) is 4.92. The first kappa shape index (κ1) is 19.9. The molecule has 0 unspecified atom stereocenters. The molecule has 2 aromatic carbocycles. The number of anilines is 2. The lowest BCUT2D eigenvalue weighted by Crippen LogP contribution is -2.24. The molecular formula is C24H29N3O. The first-order valence-electron chi connectivity index (χ1n) is 9.90. The second-order valence-electron chi connectivity index (χ2n) is 7.97. The minimum atomic E-state index is -0.230. The minimum Gasteiger partial charge on any atom is -0.372 e. The molecule has 1 aliphatic heterocycles. The van der Waals surface area contributed by atoms with Crippen LogP contribution in [0, 0.1) is 5.41 Å². The fourth-order valence-corrected chi connectivity index (χ4v) is 3.38. The molecule has 0 fully saturated rings.